The summed E-state index contributed by atoms with van der Waals surface area (Å²) >= 11 is 0. The highest BCUT2D eigenvalue weighted by atomic mass is 32.2. The van der Waals surface area contributed by atoms with Crippen molar-refractivity contribution in [2.75, 3.05) is 11.1 Å². The molecule has 52 heavy (non-hydrogen) atoms. The van der Waals surface area contributed by atoms with Gasteiger partial charge in [0, 0.05) is 29.4 Å². The maximum absolute atomic E-state index is 13.4. The minimum Gasteiger partial charge on any atom is -0.475 e. The van der Waals surface area contributed by atoms with Crippen molar-refractivity contribution in [1.82, 2.24) is 14.9 Å². The van der Waals surface area contributed by atoms with E-state index in [9.17, 15) is 44.3 Å². The first-order valence-corrected chi connectivity index (χ1v) is 16.0. The Morgan fingerprint density at radius 1 is 0.942 bits per heavy atom. The van der Waals surface area contributed by atoms with Crippen LogP contribution in [0.25, 0.3) is 11.3 Å². The van der Waals surface area contributed by atoms with E-state index in [1.54, 1.807) is 38.1 Å². The van der Waals surface area contributed by atoms with Crippen LogP contribution in [0.15, 0.2) is 58.4 Å². The van der Waals surface area contributed by atoms with E-state index in [1.165, 1.54) is 29.0 Å². The number of alkyl halides is 6. The normalized spacial score (nSPS) is 11.5. The molecule has 286 valence electrons. The first-order chi connectivity index (χ1) is 23.7. The lowest BCUT2D eigenvalue weighted by Crippen LogP contribution is -2.35. The van der Waals surface area contributed by atoms with E-state index in [1.807, 2.05) is 13.8 Å². The second-order valence-electron chi connectivity index (χ2n) is 11.1. The summed E-state index contributed by atoms with van der Waals surface area (Å²) in [5.74, 6) is -5.94. The Labute approximate surface area is 292 Å². The van der Waals surface area contributed by atoms with E-state index < -0.39 is 50.8 Å². The molecule has 15 nitrogen and oxygen atoms in total. The number of anilines is 2. The molecule has 0 spiro atoms. The fourth-order valence-corrected chi connectivity index (χ4v) is 4.79. The van der Waals surface area contributed by atoms with E-state index in [0.29, 0.717) is 11.1 Å². The van der Waals surface area contributed by atoms with Crippen molar-refractivity contribution in [3.63, 3.8) is 0 Å². The largest absolute Gasteiger partial charge is 0.490 e. The number of benzene rings is 2. The van der Waals surface area contributed by atoms with E-state index in [0.717, 1.165) is 5.56 Å². The van der Waals surface area contributed by atoms with Gasteiger partial charge in [-0.15, -0.1) is 0 Å². The maximum Gasteiger partial charge on any atom is 0.490 e. The number of nitrogens with zero attached hydrogens (tertiary/aromatic N) is 2. The number of amides is 1. The Morgan fingerprint density at radius 3 is 1.87 bits per heavy atom. The molecule has 1 amide bonds. The van der Waals surface area contributed by atoms with Crippen LogP contribution >= 0.6 is 0 Å². The Kier molecular flexibility index (Phi) is 15.4. The van der Waals surface area contributed by atoms with Crippen LogP contribution in [0.1, 0.15) is 38.8 Å². The number of aromatic nitrogens is 2. The lowest BCUT2D eigenvalue weighted by molar-refractivity contribution is -0.193. The fraction of sp³-hybridized carbons (Fsp3) is 0.333. The van der Waals surface area contributed by atoms with Crippen LogP contribution in [0, 0.1) is 5.41 Å². The molecule has 0 fully saturated rings. The smallest absolute Gasteiger partial charge is 0.475 e. The molecule has 1 aromatic heterocycles. The molecule has 3 rings (SSSR count). The number of rotatable bonds is 10. The number of amidine groups is 1. The zero-order chi connectivity index (χ0) is 40.4. The monoisotopic (exact) mass is 767 g/mol. The molecule has 0 bridgehead atoms. The van der Waals surface area contributed by atoms with Gasteiger partial charge in [0.15, 0.2) is 15.7 Å². The SMILES string of the molecule is CC(C)Nc1ncc(-c2cc(N)cc(S(=O)(=O)C(C)C)c2)n(CC(=O)NCc2ccc(C(=N)N)cc2)c1=O.O=C(O)C(F)(F)F.O=C(O)C(F)(F)F. The third-order valence-electron chi connectivity index (χ3n) is 6.19. The zero-order valence-corrected chi connectivity index (χ0v) is 28.6. The zero-order valence-electron chi connectivity index (χ0n) is 27.8. The molecule has 0 radical (unpaired) electrons. The minimum absolute atomic E-state index is 0.0179. The molecule has 1 heterocycles. The molecule has 3 aromatic rings. The van der Waals surface area contributed by atoms with Crippen LogP contribution in [0.4, 0.5) is 37.8 Å². The van der Waals surface area contributed by atoms with E-state index in [2.05, 4.69) is 15.6 Å². The van der Waals surface area contributed by atoms with Crippen LogP contribution in [0.2, 0.25) is 0 Å². The first kappa shape index (κ1) is 44.4. The number of nitrogens with one attached hydrogen (secondary N) is 3. The average molecular weight is 768 g/mol. The average Bonchev–Trinajstić information content (AvgIpc) is 3.01. The van der Waals surface area contributed by atoms with Crippen LogP contribution in [-0.2, 0) is 37.3 Å². The molecular formula is C30H35F6N7O8S. The summed E-state index contributed by atoms with van der Waals surface area (Å²) in [5.41, 5.74) is 13.1. The van der Waals surface area contributed by atoms with Crippen LogP contribution in [-0.4, -0.2) is 75.5 Å². The van der Waals surface area contributed by atoms with Gasteiger partial charge in [0.2, 0.25) is 5.91 Å². The van der Waals surface area contributed by atoms with Crippen LogP contribution < -0.4 is 27.7 Å². The number of carbonyl (C=O) groups is 3. The lowest BCUT2D eigenvalue weighted by atomic mass is 10.1. The highest BCUT2D eigenvalue weighted by Crippen LogP contribution is 2.27. The van der Waals surface area contributed by atoms with Crippen molar-refractivity contribution in [1.29, 1.82) is 5.41 Å². The predicted molar refractivity (Wildman–Crippen MR) is 176 cm³/mol. The molecule has 9 N–H and O–H groups in total. The Balaban J connectivity index is 0.000000812. The molecule has 0 saturated carbocycles. The third kappa shape index (κ3) is 13.6. The first-order valence-electron chi connectivity index (χ1n) is 14.5. The van der Waals surface area contributed by atoms with Crippen molar-refractivity contribution in [2.24, 2.45) is 5.73 Å². The quantitative estimate of drug-likeness (QED) is 0.0678. The molecule has 0 aliphatic rings. The number of aliphatic carboxylic acids is 2. The van der Waals surface area contributed by atoms with Gasteiger partial charge in [-0.05, 0) is 51.5 Å². The van der Waals surface area contributed by atoms with Gasteiger partial charge in [-0.2, -0.15) is 26.3 Å². The number of sulfone groups is 1. The van der Waals surface area contributed by atoms with Gasteiger partial charge in [0.05, 0.1) is 22.0 Å². The molecule has 0 saturated heterocycles. The fourth-order valence-electron chi connectivity index (χ4n) is 3.66. The van der Waals surface area contributed by atoms with Gasteiger partial charge in [0.25, 0.3) is 5.56 Å². The molecule has 0 aliphatic carbocycles. The number of hydrogen-bond donors (Lipinski definition) is 7. The van der Waals surface area contributed by atoms with Gasteiger partial charge in [-0.1, -0.05) is 24.3 Å². The number of carboxylic acid groups (broad SMARTS) is 2. The number of carboxylic acids is 2. The van der Waals surface area contributed by atoms with E-state index in [4.69, 9.17) is 36.7 Å². The van der Waals surface area contributed by atoms with Crippen molar-refractivity contribution >= 4 is 45.0 Å². The molecule has 0 aliphatic heterocycles. The summed E-state index contributed by atoms with van der Waals surface area (Å²) in [7, 11) is -3.65. The summed E-state index contributed by atoms with van der Waals surface area (Å²) in [5, 5.41) is 26.8. The summed E-state index contributed by atoms with van der Waals surface area (Å²) < 4.78 is 90.4. The third-order valence-corrected chi connectivity index (χ3v) is 8.33. The summed E-state index contributed by atoms with van der Waals surface area (Å²) in [6, 6.07) is 11.1. The van der Waals surface area contributed by atoms with Crippen molar-refractivity contribution in [2.45, 2.75) is 69.3 Å². The number of nitrogen functional groups attached to an aromatic ring is 2. The lowest BCUT2D eigenvalue weighted by Gasteiger charge is -2.17. The minimum atomic E-state index is -5.08. The van der Waals surface area contributed by atoms with Gasteiger partial charge < -0.3 is 32.3 Å². The van der Waals surface area contributed by atoms with E-state index >= 15 is 0 Å². The van der Waals surface area contributed by atoms with Crippen molar-refractivity contribution in [3.8, 4) is 11.3 Å². The second kappa shape index (κ2) is 18.0. The topological polar surface area (TPSA) is 261 Å². The van der Waals surface area contributed by atoms with Gasteiger partial charge in [-0.3, -0.25) is 19.6 Å². The Bertz CT molecular complexity index is 1910. The van der Waals surface area contributed by atoms with Gasteiger partial charge in [-0.25, -0.2) is 23.0 Å². The summed E-state index contributed by atoms with van der Waals surface area (Å²) in [6.07, 6.45) is -8.75. The predicted octanol–water partition coefficient (Wildman–Crippen LogP) is 3.36. The van der Waals surface area contributed by atoms with Crippen LogP contribution in [0.3, 0.4) is 0 Å². The molecular weight excluding hydrogens is 732 g/mol. The van der Waals surface area contributed by atoms with Crippen molar-refractivity contribution < 1.29 is 59.4 Å². The molecule has 0 atom stereocenters. The molecule has 0 unspecified atom stereocenters. The second-order valence-corrected chi connectivity index (χ2v) is 13.6. The Hall–Kier alpha value is -5.67. The highest BCUT2D eigenvalue weighted by molar-refractivity contribution is 7.92. The molecule has 22 heteroatoms. The number of carbonyl (C=O) groups excluding carboxylic acids is 1. The number of hydrogen-bond acceptors (Lipinski definition) is 10. The Morgan fingerprint density at radius 2 is 1.44 bits per heavy atom. The van der Waals surface area contributed by atoms with Gasteiger partial charge in [0.1, 0.15) is 12.4 Å². The highest BCUT2D eigenvalue weighted by Gasteiger charge is 2.39. The number of halogens is 6. The van der Waals surface area contributed by atoms with Crippen molar-refractivity contribution in [3.05, 3.63) is 70.1 Å². The van der Waals surface area contributed by atoms with Crippen LogP contribution in [0.5, 0.6) is 0 Å². The molecule has 2 aromatic carbocycles. The van der Waals surface area contributed by atoms with Gasteiger partial charge >= 0.3 is 24.3 Å². The summed E-state index contributed by atoms with van der Waals surface area (Å²) in [4.78, 5) is 48.3. The standard InChI is InChI=1S/C26H33N7O4S.2C2HF3O2/c1-15(2)32-25-26(35)33(14-23(34)30-12-17-5-7-18(8-6-17)24(28)29)22(13-31-25)19-9-20(27)11-21(10-19)38(36,37)16(3)4;2*3-2(4,5)1(6)7/h5-11,13,15-16H,12,14,27H2,1-4H3,(H3,28,29)(H,30,34)(H,31,32);2*(H,6,7). The maximum atomic E-state index is 13.4. The summed E-state index contributed by atoms with van der Waals surface area (Å²) in [6.45, 7) is 6.70. The van der Waals surface area contributed by atoms with E-state index in [-0.39, 0.29) is 47.1 Å². The number of nitrogens with two attached hydrogens (primary N) is 2.